The van der Waals surface area contributed by atoms with Gasteiger partial charge in [0.15, 0.2) is 0 Å². The molecule has 1 aliphatic heterocycles. The molecule has 0 bridgehead atoms. The Morgan fingerprint density at radius 2 is 2.09 bits per heavy atom. The fourth-order valence-corrected chi connectivity index (χ4v) is 4.14. The van der Waals surface area contributed by atoms with Crippen LogP contribution in [0.15, 0.2) is 55.4 Å². The van der Waals surface area contributed by atoms with Gasteiger partial charge in [0.2, 0.25) is 5.91 Å². The van der Waals surface area contributed by atoms with Gasteiger partial charge in [-0.25, -0.2) is 0 Å². The highest BCUT2D eigenvalue weighted by molar-refractivity contribution is 6.00. The van der Waals surface area contributed by atoms with Gasteiger partial charge in [0.1, 0.15) is 0 Å². The van der Waals surface area contributed by atoms with Crippen molar-refractivity contribution in [1.29, 1.82) is 0 Å². The summed E-state index contributed by atoms with van der Waals surface area (Å²) in [7, 11) is 0. The normalized spacial score (nSPS) is 15.9. The summed E-state index contributed by atoms with van der Waals surface area (Å²) in [6, 6.07) is 10.1. The second-order valence-corrected chi connectivity index (χ2v) is 7.55. The van der Waals surface area contributed by atoms with Gasteiger partial charge in [-0.15, -0.1) is 0 Å². The van der Waals surface area contributed by atoms with Crippen molar-refractivity contribution in [3.05, 3.63) is 66.5 Å². The fraction of sp³-hybridized carbons (Fsp3) is 0.280. The van der Waals surface area contributed by atoms with Crippen LogP contribution in [0.25, 0.3) is 27.7 Å². The Morgan fingerprint density at radius 3 is 2.81 bits per heavy atom. The number of aryl methyl sites for hydroxylation is 1. The van der Waals surface area contributed by atoms with Crippen LogP contribution < -0.4 is 16.8 Å². The van der Waals surface area contributed by atoms with E-state index >= 15 is 0 Å². The summed E-state index contributed by atoms with van der Waals surface area (Å²) in [5.74, 6) is -0.0530. The van der Waals surface area contributed by atoms with Gasteiger partial charge in [-0.2, -0.15) is 5.10 Å². The first-order chi connectivity index (χ1) is 15.5. The van der Waals surface area contributed by atoms with Crippen LogP contribution in [-0.4, -0.2) is 40.1 Å². The van der Waals surface area contributed by atoms with E-state index in [9.17, 15) is 4.79 Å². The van der Waals surface area contributed by atoms with Crippen LogP contribution in [0.5, 0.6) is 0 Å². The van der Waals surface area contributed by atoms with Crippen LogP contribution in [0.1, 0.15) is 31.4 Å². The third-order valence-corrected chi connectivity index (χ3v) is 5.70. The number of amides is 1. The number of carbonyl (C=O) groups is 1. The summed E-state index contributed by atoms with van der Waals surface area (Å²) in [4.78, 5) is 13.6. The summed E-state index contributed by atoms with van der Waals surface area (Å²) in [6.07, 6.45) is 5.55. The van der Waals surface area contributed by atoms with Crippen LogP contribution in [0.3, 0.4) is 0 Å². The van der Waals surface area contributed by atoms with Gasteiger partial charge < -0.3 is 21.7 Å². The number of H-pyrrole nitrogens is 1. The monoisotopic (exact) mass is 432 g/mol. The molecular formula is C25H32N6O. The number of fused-ring (bicyclic) bond motifs is 1. The lowest BCUT2D eigenvalue weighted by atomic mass is 9.93. The Morgan fingerprint density at radius 1 is 1.31 bits per heavy atom. The Bertz CT molecular complexity index is 1150. The number of carbonyl (C=O) groups excluding carboxylic acids is 1. The maximum Gasteiger partial charge on any atom is 0.246 e. The van der Waals surface area contributed by atoms with Gasteiger partial charge in [0, 0.05) is 47.5 Å². The van der Waals surface area contributed by atoms with E-state index < -0.39 is 0 Å². The number of hydrogen-bond donors (Lipinski definition) is 4. The number of nitrogens with zero attached hydrogens (tertiary/aromatic N) is 2. The standard InChI is InChI=1S/C23H26N6O.C2H6/c1-3-21(30)29-10-9-15(13-29)27-20(11-24)16-5-4-6-17(23(16)25)22-14(2)7-8-19-18(22)12-26-28-19;1-2/h3-8,11-12,15,27H,1,9-10,13,24-25H2,2H3,(H,26,28);1-2H3/b20-11+;. The topological polar surface area (TPSA) is 113 Å². The molecular weight excluding hydrogens is 400 g/mol. The molecule has 7 heteroatoms. The molecule has 6 N–H and O–H groups in total. The first-order valence-corrected chi connectivity index (χ1v) is 10.9. The van der Waals surface area contributed by atoms with Crippen molar-refractivity contribution in [2.75, 3.05) is 18.8 Å². The summed E-state index contributed by atoms with van der Waals surface area (Å²) in [5, 5.41) is 11.7. The SMILES string of the molecule is C=CC(=O)N1CCC(N/C(=C/N)c2cccc(-c3c(C)ccc4[nH]ncc34)c2N)C1.CC. The Balaban J connectivity index is 0.00000141. The highest BCUT2D eigenvalue weighted by Crippen LogP contribution is 2.37. The maximum absolute atomic E-state index is 11.9. The minimum Gasteiger partial charge on any atom is -0.403 e. The van der Waals surface area contributed by atoms with E-state index in [4.69, 9.17) is 11.5 Å². The Kier molecular flexibility index (Phi) is 7.20. The molecule has 0 aliphatic carbocycles. The van der Waals surface area contributed by atoms with Crippen molar-refractivity contribution in [3.63, 3.8) is 0 Å². The third kappa shape index (κ3) is 4.32. The predicted molar refractivity (Wildman–Crippen MR) is 133 cm³/mol. The molecule has 32 heavy (non-hydrogen) atoms. The Labute approximate surface area is 189 Å². The molecule has 1 amide bonds. The van der Waals surface area contributed by atoms with E-state index in [0.717, 1.165) is 45.3 Å². The largest absolute Gasteiger partial charge is 0.403 e. The number of aromatic nitrogens is 2. The smallest absolute Gasteiger partial charge is 0.246 e. The van der Waals surface area contributed by atoms with Gasteiger partial charge in [0.25, 0.3) is 0 Å². The molecule has 168 valence electrons. The highest BCUT2D eigenvalue weighted by atomic mass is 16.2. The molecule has 3 aromatic rings. The number of nitrogens with two attached hydrogens (primary N) is 2. The first-order valence-electron chi connectivity index (χ1n) is 10.9. The van der Waals surface area contributed by atoms with Crippen LogP contribution >= 0.6 is 0 Å². The molecule has 7 nitrogen and oxygen atoms in total. The second kappa shape index (κ2) is 10.0. The zero-order chi connectivity index (χ0) is 23.3. The molecule has 2 heterocycles. The number of benzene rings is 2. The van der Waals surface area contributed by atoms with Gasteiger partial charge in [-0.05, 0) is 36.6 Å². The summed E-state index contributed by atoms with van der Waals surface area (Å²) >= 11 is 0. The van der Waals surface area contributed by atoms with E-state index in [1.165, 1.54) is 6.08 Å². The number of likely N-dealkylation sites (tertiary alicyclic amines) is 1. The quantitative estimate of drug-likeness (QED) is 0.362. The van der Waals surface area contributed by atoms with Crippen LogP contribution in [-0.2, 0) is 4.79 Å². The predicted octanol–water partition coefficient (Wildman–Crippen LogP) is 3.78. The third-order valence-electron chi connectivity index (χ3n) is 5.70. The van der Waals surface area contributed by atoms with Crippen LogP contribution in [0, 0.1) is 6.92 Å². The highest BCUT2D eigenvalue weighted by Gasteiger charge is 2.26. The lowest BCUT2D eigenvalue weighted by Gasteiger charge is -2.21. The minimum absolute atomic E-state index is 0.0530. The molecule has 0 spiro atoms. The molecule has 1 aromatic heterocycles. The molecule has 1 unspecified atom stereocenters. The maximum atomic E-state index is 11.9. The van der Waals surface area contributed by atoms with Crippen molar-refractivity contribution in [1.82, 2.24) is 20.4 Å². The number of aromatic amines is 1. The van der Waals surface area contributed by atoms with Crippen LogP contribution in [0.2, 0.25) is 0 Å². The van der Waals surface area contributed by atoms with Crippen molar-refractivity contribution in [3.8, 4) is 11.1 Å². The summed E-state index contributed by atoms with van der Waals surface area (Å²) in [6.45, 7) is 10.9. The zero-order valence-corrected chi connectivity index (χ0v) is 19.0. The summed E-state index contributed by atoms with van der Waals surface area (Å²) < 4.78 is 0. The van der Waals surface area contributed by atoms with Crippen molar-refractivity contribution in [2.24, 2.45) is 5.73 Å². The zero-order valence-electron chi connectivity index (χ0n) is 19.0. The Hall–Kier alpha value is -3.74. The fourth-order valence-electron chi connectivity index (χ4n) is 4.14. The number of nitrogen functional groups attached to an aromatic ring is 1. The molecule has 1 atom stereocenters. The molecule has 2 aromatic carbocycles. The van der Waals surface area contributed by atoms with E-state index in [1.54, 1.807) is 11.1 Å². The van der Waals surface area contributed by atoms with Gasteiger partial charge in [-0.1, -0.05) is 44.7 Å². The van der Waals surface area contributed by atoms with E-state index in [-0.39, 0.29) is 11.9 Å². The number of rotatable bonds is 5. The van der Waals surface area contributed by atoms with Gasteiger partial charge >= 0.3 is 0 Å². The van der Waals surface area contributed by atoms with Gasteiger partial charge in [-0.3, -0.25) is 9.89 Å². The molecule has 4 rings (SSSR count). The van der Waals surface area contributed by atoms with E-state index in [1.807, 2.05) is 44.3 Å². The van der Waals surface area contributed by atoms with Crippen molar-refractivity contribution >= 4 is 28.2 Å². The molecule has 1 fully saturated rings. The molecule has 0 saturated carbocycles. The minimum atomic E-state index is -0.0530. The molecule has 0 radical (unpaired) electrons. The lowest BCUT2D eigenvalue weighted by Crippen LogP contribution is -2.34. The number of anilines is 1. The number of hydrogen-bond acceptors (Lipinski definition) is 5. The van der Waals surface area contributed by atoms with Crippen molar-refractivity contribution in [2.45, 2.75) is 33.2 Å². The lowest BCUT2D eigenvalue weighted by molar-refractivity contribution is -0.125. The number of para-hydroxylation sites is 1. The van der Waals surface area contributed by atoms with Gasteiger partial charge in [0.05, 0.1) is 17.4 Å². The average Bonchev–Trinajstić information content (AvgIpc) is 3.49. The second-order valence-electron chi connectivity index (χ2n) is 7.55. The first kappa shape index (κ1) is 22.9. The van der Waals surface area contributed by atoms with Crippen LogP contribution in [0.4, 0.5) is 5.69 Å². The molecule has 1 aliphatic rings. The average molecular weight is 433 g/mol. The molecule has 1 saturated heterocycles. The van der Waals surface area contributed by atoms with E-state index in [2.05, 4.69) is 35.1 Å². The van der Waals surface area contributed by atoms with Crippen molar-refractivity contribution < 1.29 is 4.79 Å². The van der Waals surface area contributed by atoms with E-state index in [0.29, 0.717) is 18.8 Å². The number of nitrogens with one attached hydrogen (secondary N) is 2. The summed E-state index contributed by atoms with van der Waals surface area (Å²) in [5.41, 5.74) is 18.9.